The minimum Gasteiger partial charge on any atom is -0.342 e. The molecule has 0 aromatic carbocycles. The molecular formula is C9H17NO. The molecule has 0 aliphatic carbocycles. The van der Waals surface area contributed by atoms with Gasteiger partial charge in [-0.25, -0.2) is 0 Å². The number of carbonyl (C=O) groups is 1. The predicted molar refractivity (Wildman–Crippen MR) is 45.2 cm³/mol. The van der Waals surface area contributed by atoms with E-state index in [1.807, 2.05) is 11.8 Å². The summed E-state index contributed by atoms with van der Waals surface area (Å²) in [4.78, 5) is 13.3. The number of hydrogen-bond acceptors (Lipinski definition) is 1. The maximum atomic E-state index is 11.4. The maximum absolute atomic E-state index is 11.4. The van der Waals surface area contributed by atoms with Gasteiger partial charge in [0.2, 0.25) is 5.91 Å². The van der Waals surface area contributed by atoms with Crippen molar-refractivity contribution in [3.05, 3.63) is 0 Å². The third kappa shape index (κ3) is 1.95. The van der Waals surface area contributed by atoms with Crippen LogP contribution in [0.2, 0.25) is 0 Å². The monoisotopic (exact) mass is 155 g/mol. The number of rotatable bonds is 2. The zero-order valence-corrected chi connectivity index (χ0v) is 7.63. The minimum absolute atomic E-state index is 0.272. The van der Waals surface area contributed by atoms with Gasteiger partial charge in [0.1, 0.15) is 0 Å². The summed E-state index contributed by atoms with van der Waals surface area (Å²) in [5.74, 6) is 1.22. The first-order valence-electron chi connectivity index (χ1n) is 4.40. The molecule has 1 aliphatic heterocycles. The molecule has 0 N–H and O–H groups in total. The van der Waals surface area contributed by atoms with E-state index in [1.165, 1.54) is 0 Å². The van der Waals surface area contributed by atoms with Gasteiger partial charge in [0.15, 0.2) is 0 Å². The van der Waals surface area contributed by atoms with Crippen LogP contribution in [0.1, 0.15) is 27.2 Å². The topological polar surface area (TPSA) is 20.3 Å². The van der Waals surface area contributed by atoms with Crippen molar-refractivity contribution in [1.82, 2.24) is 4.90 Å². The van der Waals surface area contributed by atoms with Gasteiger partial charge < -0.3 is 4.90 Å². The fourth-order valence-corrected chi connectivity index (χ4v) is 1.52. The van der Waals surface area contributed by atoms with Gasteiger partial charge in [-0.15, -0.1) is 0 Å². The van der Waals surface area contributed by atoms with Crippen LogP contribution < -0.4 is 0 Å². The molecule has 1 amide bonds. The Kier molecular flexibility index (Phi) is 2.53. The number of hydrogen-bond donors (Lipinski definition) is 0. The van der Waals surface area contributed by atoms with E-state index in [0.29, 0.717) is 11.8 Å². The maximum Gasteiger partial charge on any atom is 0.225 e. The van der Waals surface area contributed by atoms with E-state index in [-0.39, 0.29) is 5.92 Å². The van der Waals surface area contributed by atoms with Crippen LogP contribution in [0, 0.1) is 11.8 Å². The van der Waals surface area contributed by atoms with Crippen molar-refractivity contribution in [3.63, 3.8) is 0 Å². The molecule has 0 saturated carbocycles. The normalized spacial score (nSPS) is 25.3. The van der Waals surface area contributed by atoms with Crippen molar-refractivity contribution < 1.29 is 4.79 Å². The second kappa shape index (κ2) is 3.24. The lowest BCUT2D eigenvalue weighted by Gasteiger charge is -2.18. The van der Waals surface area contributed by atoms with Crippen LogP contribution in [-0.4, -0.2) is 23.9 Å². The van der Waals surface area contributed by atoms with Crippen LogP contribution in [-0.2, 0) is 4.79 Å². The first kappa shape index (κ1) is 8.57. The van der Waals surface area contributed by atoms with Crippen LogP contribution in [0.3, 0.4) is 0 Å². The van der Waals surface area contributed by atoms with Crippen LogP contribution in [0.15, 0.2) is 0 Å². The quantitative estimate of drug-likeness (QED) is 0.592. The molecule has 1 aliphatic rings. The lowest BCUT2D eigenvalue weighted by Crippen LogP contribution is -2.30. The van der Waals surface area contributed by atoms with Gasteiger partial charge in [0.25, 0.3) is 0 Å². The standard InChI is InChI=1S/C9H17NO/c1-7(2)6-10-5-4-8(3)9(10)11/h7-8H,4-6H2,1-3H3. The minimum atomic E-state index is 0.272. The van der Waals surface area contributed by atoms with Gasteiger partial charge in [-0.2, -0.15) is 0 Å². The molecule has 1 rings (SSSR count). The molecule has 0 aromatic heterocycles. The molecule has 0 aromatic rings. The summed E-state index contributed by atoms with van der Waals surface area (Å²) in [6.07, 6.45) is 1.05. The summed E-state index contributed by atoms with van der Waals surface area (Å²) in [7, 11) is 0. The summed E-state index contributed by atoms with van der Waals surface area (Å²) in [6, 6.07) is 0. The first-order chi connectivity index (χ1) is 5.11. The van der Waals surface area contributed by atoms with Crippen molar-refractivity contribution in [3.8, 4) is 0 Å². The summed E-state index contributed by atoms with van der Waals surface area (Å²) in [5.41, 5.74) is 0. The molecule has 0 spiro atoms. The second-order valence-corrected chi connectivity index (χ2v) is 3.87. The Morgan fingerprint density at radius 3 is 2.64 bits per heavy atom. The summed E-state index contributed by atoms with van der Waals surface area (Å²) >= 11 is 0. The van der Waals surface area contributed by atoms with Gasteiger partial charge in [-0.1, -0.05) is 20.8 Å². The van der Waals surface area contributed by atoms with Gasteiger partial charge in [0.05, 0.1) is 0 Å². The molecule has 1 fully saturated rings. The number of amides is 1. The number of carbonyl (C=O) groups excluding carboxylic acids is 1. The first-order valence-corrected chi connectivity index (χ1v) is 4.40. The SMILES string of the molecule is CC(C)CN1CCC(C)C1=O. The van der Waals surface area contributed by atoms with Crippen LogP contribution in [0.5, 0.6) is 0 Å². The van der Waals surface area contributed by atoms with Gasteiger partial charge >= 0.3 is 0 Å². The van der Waals surface area contributed by atoms with E-state index < -0.39 is 0 Å². The smallest absolute Gasteiger partial charge is 0.225 e. The average molecular weight is 155 g/mol. The van der Waals surface area contributed by atoms with Crippen LogP contribution in [0.25, 0.3) is 0 Å². The fraction of sp³-hybridized carbons (Fsp3) is 0.889. The van der Waals surface area contributed by atoms with E-state index in [0.717, 1.165) is 19.5 Å². The lowest BCUT2D eigenvalue weighted by molar-refractivity contribution is -0.130. The Morgan fingerprint density at radius 2 is 2.27 bits per heavy atom. The van der Waals surface area contributed by atoms with Gasteiger partial charge in [-0.05, 0) is 12.3 Å². The molecular weight excluding hydrogens is 138 g/mol. The Balaban J connectivity index is 2.42. The van der Waals surface area contributed by atoms with Gasteiger partial charge in [-0.3, -0.25) is 4.79 Å². The van der Waals surface area contributed by atoms with E-state index >= 15 is 0 Å². The molecule has 1 saturated heterocycles. The van der Waals surface area contributed by atoms with Crippen molar-refractivity contribution in [2.75, 3.05) is 13.1 Å². The molecule has 2 heteroatoms. The van der Waals surface area contributed by atoms with E-state index in [2.05, 4.69) is 13.8 Å². The Hall–Kier alpha value is -0.530. The molecule has 11 heavy (non-hydrogen) atoms. The Morgan fingerprint density at radius 1 is 1.64 bits per heavy atom. The summed E-state index contributed by atoms with van der Waals surface area (Å²) in [6.45, 7) is 8.22. The zero-order chi connectivity index (χ0) is 8.43. The average Bonchev–Trinajstić information content (AvgIpc) is 2.18. The lowest BCUT2D eigenvalue weighted by atomic mass is 10.1. The van der Waals surface area contributed by atoms with E-state index in [4.69, 9.17) is 0 Å². The molecule has 2 nitrogen and oxygen atoms in total. The molecule has 0 bridgehead atoms. The highest BCUT2D eigenvalue weighted by Gasteiger charge is 2.27. The largest absolute Gasteiger partial charge is 0.342 e. The predicted octanol–water partition coefficient (Wildman–Crippen LogP) is 1.51. The van der Waals surface area contributed by atoms with E-state index in [1.54, 1.807) is 0 Å². The van der Waals surface area contributed by atoms with Crippen LogP contribution in [0.4, 0.5) is 0 Å². The van der Waals surface area contributed by atoms with Crippen LogP contribution >= 0.6 is 0 Å². The summed E-state index contributed by atoms with van der Waals surface area (Å²) in [5, 5.41) is 0. The van der Waals surface area contributed by atoms with Crippen molar-refractivity contribution in [2.45, 2.75) is 27.2 Å². The summed E-state index contributed by atoms with van der Waals surface area (Å²) < 4.78 is 0. The fourth-order valence-electron chi connectivity index (χ4n) is 1.52. The highest BCUT2D eigenvalue weighted by atomic mass is 16.2. The zero-order valence-electron chi connectivity index (χ0n) is 7.63. The second-order valence-electron chi connectivity index (χ2n) is 3.87. The Bertz CT molecular complexity index is 154. The highest BCUT2D eigenvalue weighted by Crippen LogP contribution is 2.17. The molecule has 64 valence electrons. The van der Waals surface area contributed by atoms with Crippen molar-refractivity contribution in [1.29, 1.82) is 0 Å². The molecule has 1 atom stereocenters. The molecule has 1 heterocycles. The molecule has 0 radical (unpaired) electrons. The van der Waals surface area contributed by atoms with Gasteiger partial charge in [0, 0.05) is 19.0 Å². The van der Waals surface area contributed by atoms with E-state index in [9.17, 15) is 4.79 Å². The number of likely N-dealkylation sites (tertiary alicyclic amines) is 1. The number of nitrogens with zero attached hydrogens (tertiary/aromatic N) is 1. The van der Waals surface area contributed by atoms with Crippen molar-refractivity contribution in [2.24, 2.45) is 11.8 Å². The third-order valence-corrected chi connectivity index (χ3v) is 2.15. The van der Waals surface area contributed by atoms with Crippen molar-refractivity contribution >= 4 is 5.91 Å². The third-order valence-electron chi connectivity index (χ3n) is 2.15. The Labute approximate surface area is 68.6 Å². The highest BCUT2D eigenvalue weighted by molar-refractivity contribution is 5.80. The molecule has 1 unspecified atom stereocenters.